The molecule has 4 heteroatoms. The van der Waals surface area contributed by atoms with E-state index in [1.807, 2.05) is 19.1 Å². The molecule has 0 fully saturated rings. The van der Waals surface area contributed by atoms with Crippen LogP contribution in [0.25, 0.3) is 0 Å². The van der Waals surface area contributed by atoms with Crippen molar-refractivity contribution in [1.29, 1.82) is 0 Å². The number of aliphatic hydroxyl groups is 1. The summed E-state index contributed by atoms with van der Waals surface area (Å²) in [5, 5.41) is 10.8. The molecule has 15 heavy (non-hydrogen) atoms. The smallest absolute Gasteiger partial charge is 0.0839 e. The van der Waals surface area contributed by atoms with E-state index < -0.39 is 6.10 Å². The van der Waals surface area contributed by atoms with E-state index in [1.54, 1.807) is 13.2 Å². The van der Waals surface area contributed by atoms with E-state index in [-0.39, 0.29) is 6.10 Å². The molecule has 0 amide bonds. The summed E-state index contributed by atoms with van der Waals surface area (Å²) in [7, 11) is 1.56. The molecule has 0 aliphatic heterocycles. The molecule has 0 bridgehead atoms. The van der Waals surface area contributed by atoms with E-state index in [4.69, 9.17) is 27.9 Å². The third-order valence-corrected chi connectivity index (χ3v) is 3.23. The Hall–Kier alpha value is -0.280. The van der Waals surface area contributed by atoms with Gasteiger partial charge in [-0.1, -0.05) is 35.3 Å². The van der Waals surface area contributed by atoms with E-state index in [0.29, 0.717) is 16.5 Å². The summed E-state index contributed by atoms with van der Waals surface area (Å²) in [6.07, 6.45) is -0.361. The van der Waals surface area contributed by atoms with Gasteiger partial charge in [0.25, 0.3) is 0 Å². The fraction of sp³-hybridized carbons (Fsp3) is 0.455. The molecular formula is C11H14Cl2O2. The Balaban J connectivity index is 2.76. The van der Waals surface area contributed by atoms with Gasteiger partial charge in [-0.05, 0) is 18.6 Å². The lowest BCUT2D eigenvalue weighted by molar-refractivity contribution is 0.000418. The van der Waals surface area contributed by atoms with Crippen LogP contribution in [0.3, 0.4) is 0 Å². The largest absolute Gasteiger partial charge is 0.390 e. The predicted octanol–water partition coefficient (Wildman–Crippen LogP) is 2.93. The number of rotatable bonds is 4. The van der Waals surface area contributed by atoms with Crippen LogP contribution in [0.4, 0.5) is 0 Å². The topological polar surface area (TPSA) is 29.5 Å². The molecule has 1 aromatic rings. The minimum Gasteiger partial charge on any atom is -0.390 e. The maximum absolute atomic E-state index is 9.76. The Bertz CT molecular complexity index is 328. The number of benzene rings is 1. The number of hydrogen-bond donors (Lipinski definition) is 1. The van der Waals surface area contributed by atoms with E-state index in [1.165, 1.54) is 0 Å². The van der Waals surface area contributed by atoms with Crippen molar-refractivity contribution in [2.24, 2.45) is 0 Å². The zero-order valence-corrected chi connectivity index (χ0v) is 10.2. The summed E-state index contributed by atoms with van der Waals surface area (Å²) in [5.74, 6) is 0. The molecule has 1 N–H and O–H groups in total. The van der Waals surface area contributed by atoms with Gasteiger partial charge in [0.2, 0.25) is 0 Å². The van der Waals surface area contributed by atoms with E-state index in [0.717, 1.165) is 5.56 Å². The Kier molecular flexibility index (Phi) is 4.87. The van der Waals surface area contributed by atoms with Crippen molar-refractivity contribution in [3.63, 3.8) is 0 Å². The lowest BCUT2D eigenvalue weighted by atomic mass is 10.0. The second-order valence-electron chi connectivity index (χ2n) is 3.43. The van der Waals surface area contributed by atoms with Gasteiger partial charge >= 0.3 is 0 Å². The fourth-order valence-corrected chi connectivity index (χ4v) is 1.65. The van der Waals surface area contributed by atoms with Gasteiger partial charge in [0.15, 0.2) is 0 Å². The molecule has 0 saturated heterocycles. The third kappa shape index (κ3) is 3.35. The molecule has 0 spiro atoms. The maximum Gasteiger partial charge on any atom is 0.0839 e. The zero-order valence-electron chi connectivity index (χ0n) is 8.71. The van der Waals surface area contributed by atoms with Crippen LogP contribution in [-0.2, 0) is 11.2 Å². The van der Waals surface area contributed by atoms with Gasteiger partial charge in [0.1, 0.15) is 0 Å². The molecule has 2 nitrogen and oxygen atoms in total. The second-order valence-corrected chi connectivity index (χ2v) is 4.21. The average molecular weight is 249 g/mol. The number of hydrogen-bond acceptors (Lipinski definition) is 2. The van der Waals surface area contributed by atoms with Crippen LogP contribution in [-0.4, -0.2) is 24.4 Å². The molecular weight excluding hydrogens is 235 g/mol. The van der Waals surface area contributed by atoms with Gasteiger partial charge in [-0.2, -0.15) is 0 Å². The molecule has 0 aliphatic carbocycles. The molecule has 1 aromatic carbocycles. The molecule has 2 atom stereocenters. The first kappa shape index (κ1) is 12.8. The molecule has 1 rings (SSSR count). The van der Waals surface area contributed by atoms with Crippen molar-refractivity contribution < 1.29 is 9.84 Å². The van der Waals surface area contributed by atoms with Gasteiger partial charge in [0.05, 0.1) is 22.3 Å². The van der Waals surface area contributed by atoms with Crippen molar-refractivity contribution in [3.05, 3.63) is 33.8 Å². The quantitative estimate of drug-likeness (QED) is 0.888. The normalized spacial score (nSPS) is 15.0. The fourth-order valence-electron chi connectivity index (χ4n) is 1.25. The minimum absolute atomic E-state index is 0.222. The first-order chi connectivity index (χ1) is 7.06. The third-order valence-electron chi connectivity index (χ3n) is 2.37. The van der Waals surface area contributed by atoms with Gasteiger partial charge < -0.3 is 9.84 Å². The minimum atomic E-state index is -0.578. The number of ether oxygens (including phenoxy) is 1. The lowest BCUT2D eigenvalue weighted by Crippen LogP contribution is -2.27. The van der Waals surface area contributed by atoms with Crippen LogP contribution in [0.5, 0.6) is 0 Å². The molecule has 2 unspecified atom stereocenters. The Morgan fingerprint density at radius 2 is 2.07 bits per heavy atom. The Morgan fingerprint density at radius 1 is 1.40 bits per heavy atom. The highest BCUT2D eigenvalue weighted by Gasteiger charge is 2.16. The molecule has 0 heterocycles. The highest BCUT2D eigenvalue weighted by atomic mass is 35.5. The Labute approximate surface area is 99.8 Å². The van der Waals surface area contributed by atoms with Gasteiger partial charge in [-0.25, -0.2) is 0 Å². The summed E-state index contributed by atoms with van der Waals surface area (Å²) < 4.78 is 5.03. The summed E-state index contributed by atoms with van der Waals surface area (Å²) in [6.45, 7) is 1.81. The zero-order chi connectivity index (χ0) is 11.4. The first-order valence-electron chi connectivity index (χ1n) is 4.70. The van der Waals surface area contributed by atoms with Gasteiger partial charge in [-0.3, -0.25) is 0 Å². The molecule has 0 aliphatic rings. The lowest BCUT2D eigenvalue weighted by Gasteiger charge is -2.18. The van der Waals surface area contributed by atoms with Crippen LogP contribution in [0.1, 0.15) is 12.5 Å². The maximum atomic E-state index is 9.76. The van der Waals surface area contributed by atoms with Crippen LogP contribution in [0, 0.1) is 0 Å². The van der Waals surface area contributed by atoms with Crippen LogP contribution in [0.2, 0.25) is 10.0 Å². The van der Waals surface area contributed by atoms with Crippen molar-refractivity contribution in [2.45, 2.75) is 25.6 Å². The van der Waals surface area contributed by atoms with Crippen LogP contribution < -0.4 is 0 Å². The van der Waals surface area contributed by atoms with Crippen molar-refractivity contribution in [3.8, 4) is 0 Å². The summed E-state index contributed by atoms with van der Waals surface area (Å²) in [4.78, 5) is 0. The van der Waals surface area contributed by atoms with E-state index in [2.05, 4.69) is 0 Å². The van der Waals surface area contributed by atoms with Crippen LogP contribution >= 0.6 is 23.2 Å². The average Bonchev–Trinajstić information content (AvgIpc) is 2.23. The summed E-state index contributed by atoms with van der Waals surface area (Å²) >= 11 is 11.9. The molecule has 0 aromatic heterocycles. The summed E-state index contributed by atoms with van der Waals surface area (Å²) in [6, 6.07) is 5.38. The predicted molar refractivity (Wildman–Crippen MR) is 62.6 cm³/mol. The van der Waals surface area contributed by atoms with Crippen molar-refractivity contribution >= 4 is 23.2 Å². The SMILES string of the molecule is COC(C)C(O)Cc1cccc(Cl)c1Cl. The molecule has 0 saturated carbocycles. The molecule has 0 radical (unpaired) electrons. The number of methoxy groups -OCH3 is 1. The standard InChI is InChI=1S/C11H14Cl2O2/c1-7(15-2)10(14)6-8-4-3-5-9(12)11(8)13/h3-5,7,10,14H,6H2,1-2H3. The summed E-state index contributed by atoms with van der Waals surface area (Å²) in [5.41, 5.74) is 0.834. The number of aliphatic hydroxyl groups excluding tert-OH is 1. The van der Waals surface area contributed by atoms with E-state index in [9.17, 15) is 5.11 Å². The van der Waals surface area contributed by atoms with Crippen LogP contribution in [0.15, 0.2) is 18.2 Å². The van der Waals surface area contributed by atoms with Crippen molar-refractivity contribution in [1.82, 2.24) is 0 Å². The van der Waals surface area contributed by atoms with Gasteiger partial charge in [0, 0.05) is 13.5 Å². The number of halogens is 2. The monoisotopic (exact) mass is 248 g/mol. The molecule has 84 valence electrons. The first-order valence-corrected chi connectivity index (χ1v) is 5.45. The van der Waals surface area contributed by atoms with E-state index >= 15 is 0 Å². The second kappa shape index (κ2) is 5.71. The van der Waals surface area contributed by atoms with Gasteiger partial charge in [-0.15, -0.1) is 0 Å². The highest BCUT2D eigenvalue weighted by Crippen LogP contribution is 2.26. The van der Waals surface area contributed by atoms with Crippen molar-refractivity contribution in [2.75, 3.05) is 7.11 Å². The Morgan fingerprint density at radius 3 is 2.67 bits per heavy atom. The highest BCUT2D eigenvalue weighted by molar-refractivity contribution is 6.42.